The van der Waals surface area contributed by atoms with Crippen molar-refractivity contribution < 1.29 is 14.5 Å². The van der Waals surface area contributed by atoms with Crippen LogP contribution in [-0.2, 0) is 16.0 Å². The number of hydrogen-bond acceptors (Lipinski definition) is 4. The van der Waals surface area contributed by atoms with Crippen molar-refractivity contribution in [3.63, 3.8) is 0 Å². The number of nitrogens with zero attached hydrogens (tertiary/aromatic N) is 1. The van der Waals surface area contributed by atoms with Crippen molar-refractivity contribution in [1.82, 2.24) is 0 Å². The molecule has 1 aromatic carbocycles. The van der Waals surface area contributed by atoms with E-state index < -0.39 is 4.92 Å². The molecule has 0 atom stereocenters. The Bertz CT molecular complexity index is 563. The minimum Gasteiger partial charge on any atom is -0.466 e. The van der Waals surface area contributed by atoms with E-state index in [9.17, 15) is 14.9 Å². The lowest BCUT2D eigenvalue weighted by atomic mass is 9.95. The van der Waals surface area contributed by atoms with Crippen LogP contribution in [0.25, 0.3) is 5.57 Å². The van der Waals surface area contributed by atoms with E-state index >= 15 is 0 Å². The Morgan fingerprint density at radius 3 is 2.71 bits per heavy atom. The van der Waals surface area contributed by atoms with Crippen molar-refractivity contribution in [2.24, 2.45) is 0 Å². The molecule has 0 saturated carbocycles. The molecule has 0 amide bonds. The molecule has 21 heavy (non-hydrogen) atoms. The Balaban J connectivity index is 2.89. The van der Waals surface area contributed by atoms with Crippen molar-refractivity contribution >= 4 is 17.2 Å². The Morgan fingerprint density at radius 2 is 2.14 bits per heavy atom. The number of hydrogen-bond donors (Lipinski definition) is 0. The summed E-state index contributed by atoms with van der Waals surface area (Å²) in [5.74, 6) is -0.272. The van der Waals surface area contributed by atoms with E-state index in [1.54, 1.807) is 19.1 Å². The van der Waals surface area contributed by atoms with Crippen LogP contribution < -0.4 is 0 Å². The average molecular weight is 289 g/mol. The number of ether oxygens (including phenoxy) is 1. The highest BCUT2D eigenvalue weighted by atomic mass is 16.6. The molecule has 5 nitrogen and oxygen atoms in total. The maximum atomic E-state index is 11.4. The molecule has 0 N–H and O–H groups in total. The van der Waals surface area contributed by atoms with Crippen molar-refractivity contribution in [3.05, 3.63) is 58.7 Å². The van der Waals surface area contributed by atoms with Crippen LogP contribution in [0.1, 0.15) is 30.9 Å². The van der Waals surface area contributed by atoms with Crippen molar-refractivity contribution in [2.75, 3.05) is 6.61 Å². The second-order valence-electron chi connectivity index (χ2n) is 4.50. The standard InChI is InChI=1S/C16H19NO4/c1-4-6-13-11-14(17(19)20)8-9-15(13)12(3)7-10-16(18)21-5-2/h4,8-9,11H,1,3,5-7,10H2,2H3. The first kappa shape index (κ1) is 16.6. The van der Waals surface area contributed by atoms with Gasteiger partial charge in [-0.25, -0.2) is 0 Å². The van der Waals surface area contributed by atoms with Crippen molar-refractivity contribution in [3.8, 4) is 0 Å². The second kappa shape index (κ2) is 7.99. The number of nitro groups is 1. The summed E-state index contributed by atoms with van der Waals surface area (Å²) < 4.78 is 4.87. The van der Waals surface area contributed by atoms with Gasteiger partial charge in [-0.15, -0.1) is 6.58 Å². The topological polar surface area (TPSA) is 69.4 Å². The molecule has 0 heterocycles. The van der Waals surface area contributed by atoms with Gasteiger partial charge in [-0.2, -0.15) is 0 Å². The molecular weight excluding hydrogens is 270 g/mol. The van der Waals surface area contributed by atoms with Crippen LogP contribution >= 0.6 is 0 Å². The van der Waals surface area contributed by atoms with Crippen LogP contribution in [0, 0.1) is 10.1 Å². The van der Waals surface area contributed by atoms with E-state index in [0.717, 1.165) is 16.7 Å². The predicted molar refractivity (Wildman–Crippen MR) is 81.9 cm³/mol. The quantitative estimate of drug-likeness (QED) is 0.317. The number of allylic oxidation sites excluding steroid dienone is 2. The Morgan fingerprint density at radius 1 is 1.43 bits per heavy atom. The molecule has 0 fully saturated rings. The first-order valence-corrected chi connectivity index (χ1v) is 6.71. The zero-order chi connectivity index (χ0) is 15.8. The van der Waals surface area contributed by atoms with E-state index in [1.807, 2.05) is 0 Å². The average Bonchev–Trinajstić information content (AvgIpc) is 2.45. The number of benzene rings is 1. The lowest BCUT2D eigenvalue weighted by molar-refractivity contribution is -0.384. The Kier molecular flexibility index (Phi) is 6.33. The summed E-state index contributed by atoms with van der Waals surface area (Å²) >= 11 is 0. The number of nitro benzene ring substituents is 1. The van der Waals surface area contributed by atoms with Crippen LogP contribution in [0.15, 0.2) is 37.4 Å². The fourth-order valence-corrected chi connectivity index (χ4v) is 1.98. The zero-order valence-corrected chi connectivity index (χ0v) is 12.1. The highest BCUT2D eigenvalue weighted by Crippen LogP contribution is 2.26. The molecule has 0 aliphatic carbocycles. The third-order valence-electron chi connectivity index (χ3n) is 2.98. The molecule has 0 spiro atoms. The van der Waals surface area contributed by atoms with Gasteiger partial charge in [0.2, 0.25) is 0 Å². The summed E-state index contributed by atoms with van der Waals surface area (Å²) in [5, 5.41) is 10.8. The van der Waals surface area contributed by atoms with Gasteiger partial charge in [0.1, 0.15) is 0 Å². The molecule has 0 saturated heterocycles. The van der Waals surface area contributed by atoms with Gasteiger partial charge in [-0.1, -0.05) is 12.7 Å². The van der Waals surface area contributed by atoms with Gasteiger partial charge in [0.15, 0.2) is 0 Å². The van der Waals surface area contributed by atoms with Crippen LogP contribution in [0.2, 0.25) is 0 Å². The molecule has 0 aliphatic rings. The van der Waals surface area contributed by atoms with E-state index in [2.05, 4.69) is 13.2 Å². The molecule has 0 radical (unpaired) electrons. The second-order valence-corrected chi connectivity index (χ2v) is 4.50. The van der Waals surface area contributed by atoms with Gasteiger partial charge in [-0.05, 0) is 42.5 Å². The van der Waals surface area contributed by atoms with Crippen LogP contribution in [0.3, 0.4) is 0 Å². The normalized spacial score (nSPS) is 9.95. The van der Waals surface area contributed by atoms with E-state index in [1.165, 1.54) is 12.1 Å². The highest BCUT2D eigenvalue weighted by Gasteiger charge is 2.13. The number of rotatable bonds is 8. The van der Waals surface area contributed by atoms with Gasteiger partial charge >= 0.3 is 5.97 Å². The monoisotopic (exact) mass is 289 g/mol. The minimum absolute atomic E-state index is 0.0359. The summed E-state index contributed by atoms with van der Waals surface area (Å²) in [4.78, 5) is 21.8. The number of non-ortho nitro benzene ring substituents is 1. The molecule has 0 bridgehead atoms. The van der Waals surface area contributed by atoms with Gasteiger partial charge in [0.25, 0.3) is 5.69 Å². The largest absolute Gasteiger partial charge is 0.466 e. The molecule has 0 aliphatic heterocycles. The molecule has 1 aromatic rings. The van der Waals surface area contributed by atoms with Crippen molar-refractivity contribution in [2.45, 2.75) is 26.2 Å². The van der Waals surface area contributed by atoms with Crippen molar-refractivity contribution in [1.29, 1.82) is 0 Å². The first-order valence-electron chi connectivity index (χ1n) is 6.71. The summed E-state index contributed by atoms with van der Waals surface area (Å²) in [6, 6.07) is 4.63. The summed E-state index contributed by atoms with van der Waals surface area (Å²) in [6.45, 7) is 9.73. The summed E-state index contributed by atoms with van der Waals surface area (Å²) in [5.41, 5.74) is 2.40. The minimum atomic E-state index is -0.433. The smallest absolute Gasteiger partial charge is 0.306 e. The lowest BCUT2D eigenvalue weighted by Gasteiger charge is -2.11. The third-order valence-corrected chi connectivity index (χ3v) is 2.98. The number of esters is 1. The molecule has 0 aromatic heterocycles. The molecule has 112 valence electrons. The van der Waals surface area contributed by atoms with Gasteiger partial charge in [-0.3, -0.25) is 14.9 Å². The third kappa shape index (κ3) is 4.87. The maximum Gasteiger partial charge on any atom is 0.306 e. The van der Waals surface area contributed by atoms with E-state index in [4.69, 9.17) is 4.74 Å². The Hall–Kier alpha value is -2.43. The van der Waals surface area contributed by atoms with Gasteiger partial charge < -0.3 is 4.74 Å². The maximum absolute atomic E-state index is 11.4. The van der Waals surface area contributed by atoms with E-state index in [-0.39, 0.29) is 18.1 Å². The van der Waals surface area contributed by atoms with Gasteiger partial charge in [0, 0.05) is 18.6 Å². The van der Waals surface area contributed by atoms with Crippen LogP contribution in [0.4, 0.5) is 5.69 Å². The molecular formula is C16H19NO4. The number of carbonyl (C=O) groups excluding carboxylic acids is 1. The molecule has 0 unspecified atom stereocenters. The molecule has 5 heteroatoms. The molecule has 1 rings (SSSR count). The fraction of sp³-hybridized carbons (Fsp3) is 0.312. The number of carbonyl (C=O) groups is 1. The predicted octanol–water partition coefficient (Wildman–Crippen LogP) is 3.68. The van der Waals surface area contributed by atoms with Gasteiger partial charge in [0.05, 0.1) is 11.5 Å². The summed E-state index contributed by atoms with van der Waals surface area (Å²) in [7, 11) is 0. The van der Waals surface area contributed by atoms with E-state index in [0.29, 0.717) is 19.4 Å². The summed E-state index contributed by atoms with van der Waals surface area (Å²) in [6.07, 6.45) is 2.90. The highest BCUT2D eigenvalue weighted by molar-refractivity contribution is 5.75. The van der Waals surface area contributed by atoms with Crippen LogP contribution in [0.5, 0.6) is 0 Å². The SMILES string of the molecule is C=CCc1cc([N+](=O)[O-])ccc1C(=C)CCC(=O)OCC. The zero-order valence-electron chi connectivity index (χ0n) is 12.1. The fourth-order valence-electron chi connectivity index (χ4n) is 1.98. The first-order chi connectivity index (χ1) is 9.99. The Labute approximate surface area is 124 Å². The van der Waals surface area contributed by atoms with Crippen LogP contribution in [-0.4, -0.2) is 17.5 Å². The lowest BCUT2D eigenvalue weighted by Crippen LogP contribution is -2.04.